The first kappa shape index (κ1) is 45.3. The van der Waals surface area contributed by atoms with E-state index >= 15 is 0 Å². The Kier molecular flexibility index (Phi) is 260. The van der Waals surface area contributed by atoms with Gasteiger partial charge in [0.2, 0.25) is 0 Å². The Bertz CT molecular complexity index is 11.6. The predicted molar refractivity (Wildman–Crippen MR) is 26.0 cm³/mol. The van der Waals surface area contributed by atoms with Crippen molar-refractivity contribution in [2.24, 2.45) is 0 Å². The average Bonchev–Trinajstić information content (AvgIpc) is 0. The van der Waals surface area contributed by atoms with Gasteiger partial charge in [-0.2, -0.15) is 0 Å². The van der Waals surface area contributed by atoms with E-state index in [1.807, 2.05) is 0 Å². The van der Waals surface area contributed by atoms with E-state index in [-0.39, 0.29) is 60.7 Å². The maximum absolute atomic E-state index is 0. The molecule has 4 heavy (non-hydrogen) atoms. The molecule has 24 valence electrons. The summed E-state index contributed by atoms with van der Waals surface area (Å²) in [5, 5.41) is 0. The van der Waals surface area contributed by atoms with E-state index in [1.165, 1.54) is 0 Å². The summed E-state index contributed by atoms with van der Waals surface area (Å²) in [5.41, 5.74) is 0. The molecule has 0 rings (SSSR count). The van der Waals surface area contributed by atoms with Gasteiger partial charge in [-0.1, -0.05) is 0 Å². The maximum Gasteiger partial charge on any atom is 1.00 e. The summed E-state index contributed by atoms with van der Waals surface area (Å²) < 4.78 is 0. The van der Waals surface area contributed by atoms with Gasteiger partial charge in [-0.15, -0.1) is 0 Å². The molecule has 2 N–H and O–H groups in total. The third-order valence-corrected chi connectivity index (χ3v) is 0. The third-order valence-electron chi connectivity index (χ3n) is 0. The second-order valence-corrected chi connectivity index (χ2v) is 0. The summed E-state index contributed by atoms with van der Waals surface area (Å²) in [7, 11) is 0. The zero-order valence-electron chi connectivity index (χ0n) is 2.50. The van der Waals surface area contributed by atoms with Gasteiger partial charge in [0.05, 0.1) is 0 Å². The van der Waals surface area contributed by atoms with Crippen LogP contribution in [0.15, 0.2) is 0 Å². The van der Waals surface area contributed by atoms with Crippen LogP contribution in [-0.4, -0.2) is 40.4 Å². The molecule has 0 spiro atoms. The summed E-state index contributed by atoms with van der Waals surface area (Å²) in [6.07, 6.45) is 0. The van der Waals surface area contributed by atoms with Crippen LogP contribution in [0.3, 0.4) is 0 Å². The standard InChI is InChI=1S/Al.GeH4.Li.H2O.4H/h;1H4;;1H2;;;;/q;;+1;;;;;-1. The molecule has 0 aromatic carbocycles. The van der Waals surface area contributed by atoms with E-state index in [0.29, 0.717) is 0 Å². The minimum absolute atomic E-state index is 0. The van der Waals surface area contributed by atoms with Crippen molar-refractivity contribution in [3.05, 3.63) is 0 Å². The molecule has 0 bridgehead atoms. The molecule has 0 radical (unpaired) electrons. The monoisotopic (exact) mass is 134 g/mol. The van der Waals surface area contributed by atoms with Gasteiger partial charge in [0.15, 0.2) is 17.4 Å². The maximum atomic E-state index is 0. The second-order valence-electron chi connectivity index (χ2n) is 0. The molecule has 0 aromatic rings. The molecule has 1 nitrogen and oxygen atoms in total. The molecule has 0 heterocycles. The van der Waals surface area contributed by atoms with Crippen LogP contribution in [-0.2, 0) is 0 Å². The molecule has 0 aromatic heterocycles. The average molecular weight is 133 g/mol. The van der Waals surface area contributed by atoms with Crippen LogP contribution >= 0.6 is 0 Å². The van der Waals surface area contributed by atoms with Crippen LogP contribution in [0.2, 0.25) is 0 Å². The first-order valence-corrected chi connectivity index (χ1v) is 0. The van der Waals surface area contributed by atoms with E-state index < -0.39 is 0 Å². The van der Waals surface area contributed by atoms with Crippen LogP contribution in [0.5, 0.6) is 0 Å². The molecule has 0 aliphatic rings. The van der Waals surface area contributed by atoms with Crippen molar-refractivity contribution in [3.63, 3.8) is 0 Å². The van der Waals surface area contributed by atoms with E-state index in [1.54, 1.807) is 0 Å². The third kappa shape index (κ3) is 9.45. The molecule has 4 heteroatoms. The molecule has 0 aliphatic heterocycles. The smallest absolute Gasteiger partial charge is 1.00 e. The minimum Gasteiger partial charge on any atom is -1.00 e. The fourth-order valence-corrected chi connectivity index (χ4v) is 0. The summed E-state index contributed by atoms with van der Waals surface area (Å²) in [6.45, 7) is 0. The Balaban J connectivity index is 0. The van der Waals surface area contributed by atoms with Crippen LogP contribution in [0.1, 0.15) is 1.43 Å². The first-order valence-electron chi connectivity index (χ1n) is 0. The number of hydrogen-bond acceptors (Lipinski definition) is 0. The molecule has 0 atom stereocenters. The molecular formula is H10AlGeLiO. The van der Waals surface area contributed by atoms with Gasteiger partial charge >= 0.3 is 36.5 Å². The molecule has 0 saturated heterocycles. The van der Waals surface area contributed by atoms with Gasteiger partial charge < -0.3 is 6.90 Å². The van der Waals surface area contributed by atoms with Gasteiger partial charge in [0.1, 0.15) is 0 Å². The second kappa shape index (κ2) is 22.9. The van der Waals surface area contributed by atoms with E-state index in [0.717, 1.165) is 0 Å². The Morgan fingerprint density at radius 1 is 1.25 bits per heavy atom. The number of hydrogen-bond donors (Lipinski definition) is 0. The van der Waals surface area contributed by atoms with Crippen molar-refractivity contribution in [3.8, 4) is 0 Å². The van der Waals surface area contributed by atoms with E-state index in [4.69, 9.17) is 0 Å². The Morgan fingerprint density at radius 2 is 1.25 bits per heavy atom. The summed E-state index contributed by atoms with van der Waals surface area (Å²) in [6, 6.07) is 0. The van der Waals surface area contributed by atoms with Gasteiger partial charge in [-0.05, 0) is 0 Å². The van der Waals surface area contributed by atoms with Gasteiger partial charge in [0, 0.05) is 0 Å². The van der Waals surface area contributed by atoms with E-state index in [9.17, 15) is 0 Å². The quantitative estimate of drug-likeness (QED) is 0.294. The Morgan fingerprint density at radius 3 is 1.25 bits per heavy atom. The van der Waals surface area contributed by atoms with Crippen LogP contribution < -0.4 is 18.9 Å². The zero-order valence-corrected chi connectivity index (χ0v) is 1.50. The van der Waals surface area contributed by atoms with E-state index in [2.05, 4.69) is 0 Å². The zero-order chi connectivity index (χ0) is 0. The topological polar surface area (TPSA) is 31.5 Å². The predicted octanol–water partition coefficient (Wildman–Crippen LogP) is -6.34. The summed E-state index contributed by atoms with van der Waals surface area (Å²) in [5.74, 6) is 0. The van der Waals surface area contributed by atoms with Crippen molar-refractivity contribution in [2.45, 2.75) is 0 Å². The van der Waals surface area contributed by atoms with Gasteiger partial charge in [-0.3, -0.25) is 0 Å². The Hall–Kier alpha value is 1.63. The molecule has 0 unspecified atom stereocenters. The molecular weight excluding hydrogens is 123 g/mol. The SMILES string of the molecule is O.[AlH3].[GeH4].[H-].[Li+]. The fourth-order valence-electron chi connectivity index (χ4n) is 0. The van der Waals surface area contributed by atoms with Crippen molar-refractivity contribution in [1.82, 2.24) is 0 Å². The molecule has 0 saturated carbocycles. The van der Waals surface area contributed by atoms with Gasteiger partial charge in [-0.25, -0.2) is 0 Å². The van der Waals surface area contributed by atoms with Crippen LogP contribution in [0.25, 0.3) is 0 Å². The largest absolute Gasteiger partial charge is 1.00 e. The Labute approximate surface area is 60.6 Å². The van der Waals surface area contributed by atoms with Crippen molar-refractivity contribution in [2.75, 3.05) is 0 Å². The first-order chi connectivity index (χ1) is 0. The molecule has 0 fully saturated rings. The summed E-state index contributed by atoms with van der Waals surface area (Å²) >= 11 is 0. The fraction of sp³-hybridized carbons (Fsp3) is 0. The molecule has 0 aliphatic carbocycles. The van der Waals surface area contributed by atoms with Crippen LogP contribution in [0.4, 0.5) is 0 Å². The molecule has 0 amide bonds. The van der Waals surface area contributed by atoms with Crippen molar-refractivity contribution < 1.29 is 25.8 Å². The van der Waals surface area contributed by atoms with Gasteiger partial charge in [0.25, 0.3) is 0 Å². The normalized spacial score (nSPS) is 0. The minimum atomic E-state index is 0. The van der Waals surface area contributed by atoms with Crippen molar-refractivity contribution in [1.29, 1.82) is 0 Å². The van der Waals surface area contributed by atoms with Crippen molar-refractivity contribution >= 4 is 35.0 Å². The van der Waals surface area contributed by atoms with Crippen LogP contribution in [0, 0.1) is 0 Å². The summed E-state index contributed by atoms with van der Waals surface area (Å²) in [4.78, 5) is 0. The number of rotatable bonds is 0.